The van der Waals surface area contributed by atoms with E-state index in [0.717, 1.165) is 19.4 Å². The highest BCUT2D eigenvalue weighted by atomic mass is 35.5. The molecule has 5 heterocycles. The van der Waals surface area contributed by atoms with E-state index in [1.807, 2.05) is 6.92 Å². The Morgan fingerprint density at radius 3 is 2.77 bits per heavy atom. The zero-order chi connectivity index (χ0) is 33.0. The number of carbonyl (C=O) groups is 1. The van der Waals surface area contributed by atoms with Crippen molar-refractivity contribution >= 4 is 61.9 Å². The molecular formula is C33H32Cl2FN9O2. The van der Waals surface area contributed by atoms with Crippen LogP contribution in [0.25, 0.3) is 44.0 Å². The molecule has 14 heteroatoms. The number of nitriles is 1. The lowest BCUT2D eigenvalue weighted by atomic mass is 9.94. The predicted octanol–water partition coefficient (Wildman–Crippen LogP) is 6.38. The summed E-state index contributed by atoms with van der Waals surface area (Å²) in [5.74, 6) is -0.680. The molecule has 0 bridgehead atoms. The molecule has 0 saturated carbocycles. The highest BCUT2D eigenvalue weighted by molar-refractivity contribution is 6.36. The summed E-state index contributed by atoms with van der Waals surface area (Å²) in [6.07, 6.45) is 6.08. The van der Waals surface area contributed by atoms with Crippen LogP contribution >= 0.6 is 23.2 Å². The van der Waals surface area contributed by atoms with E-state index in [1.165, 1.54) is 6.08 Å². The SMILES string of the molecule is C=CC(=O)N1CC[C@H](n2nnc3c(OC[C@@H]4CCCN4C)nc4c(F)c(-c5c(C)c(Cl)cc6[nH]ncc56)c(Cl)cc4c32)C[C@H]1CC#N. The maximum Gasteiger partial charge on any atom is 0.246 e. The number of carbonyl (C=O) groups excluding carboxylic acids is 1. The molecule has 2 aliphatic heterocycles. The summed E-state index contributed by atoms with van der Waals surface area (Å²) < 4.78 is 25.1. The van der Waals surface area contributed by atoms with Crippen LogP contribution in [0.2, 0.25) is 10.0 Å². The van der Waals surface area contributed by atoms with Crippen LogP contribution in [0.5, 0.6) is 5.88 Å². The number of hydrogen-bond acceptors (Lipinski definition) is 8. The van der Waals surface area contributed by atoms with Gasteiger partial charge in [0.2, 0.25) is 11.8 Å². The zero-order valence-electron chi connectivity index (χ0n) is 25.9. The minimum atomic E-state index is -0.633. The lowest BCUT2D eigenvalue weighted by Gasteiger charge is -2.38. The summed E-state index contributed by atoms with van der Waals surface area (Å²) in [4.78, 5) is 21.2. The number of ether oxygens (including phenoxy) is 1. The van der Waals surface area contributed by atoms with E-state index in [0.29, 0.717) is 69.5 Å². The predicted molar refractivity (Wildman–Crippen MR) is 178 cm³/mol. The molecule has 3 atom stereocenters. The smallest absolute Gasteiger partial charge is 0.246 e. The van der Waals surface area contributed by atoms with Crippen molar-refractivity contribution in [2.75, 3.05) is 26.7 Å². The third kappa shape index (κ3) is 5.26. The van der Waals surface area contributed by atoms with Crippen LogP contribution in [-0.2, 0) is 4.79 Å². The quantitative estimate of drug-likeness (QED) is 0.197. The van der Waals surface area contributed by atoms with Gasteiger partial charge in [-0.3, -0.25) is 9.89 Å². The van der Waals surface area contributed by atoms with E-state index in [4.69, 9.17) is 32.9 Å². The summed E-state index contributed by atoms with van der Waals surface area (Å²) in [5, 5.41) is 27.4. The average molecular weight is 677 g/mol. The third-order valence-corrected chi connectivity index (χ3v) is 10.3. The second-order valence-corrected chi connectivity index (χ2v) is 13.1. The van der Waals surface area contributed by atoms with Crippen molar-refractivity contribution in [3.8, 4) is 23.1 Å². The topological polar surface area (TPSA) is 129 Å². The summed E-state index contributed by atoms with van der Waals surface area (Å²) >= 11 is 13.5. The van der Waals surface area contributed by atoms with E-state index in [1.54, 1.807) is 27.9 Å². The van der Waals surface area contributed by atoms with Crippen molar-refractivity contribution in [3.05, 3.63) is 52.4 Å². The summed E-state index contributed by atoms with van der Waals surface area (Å²) in [5.41, 5.74) is 2.94. The maximum absolute atomic E-state index is 17.1. The number of pyridine rings is 1. The first kappa shape index (κ1) is 31.3. The first-order valence-electron chi connectivity index (χ1n) is 15.5. The van der Waals surface area contributed by atoms with E-state index in [9.17, 15) is 10.1 Å². The van der Waals surface area contributed by atoms with Gasteiger partial charge in [0.25, 0.3) is 0 Å². The Labute approximate surface area is 279 Å². The zero-order valence-corrected chi connectivity index (χ0v) is 27.4. The Bertz CT molecular complexity index is 2110. The number of aromatic amines is 1. The lowest BCUT2D eigenvalue weighted by Crippen LogP contribution is -2.45. The van der Waals surface area contributed by atoms with Crippen molar-refractivity contribution in [3.63, 3.8) is 0 Å². The fourth-order valence-corrected chi connectivity index (χ4v) is 7.62. The standard InChI is InChI=1S/C33H32Cl2FN9O2/c1-4-26(46)44-11-8-19(12-18(44)7-9-37)45-32-21-13-24(35)28(27-17(2)23(34)14-25-22(27)15-38-40-25)29(36)30(21)39-33(31(32)41-42-45)47-16-20-6-5-10-43(20)3/h4,13-15,18-20H,1,5-8,10-12,16H2,2-3H3,(H,38,40)/t18-,19+,20+/m1/s1. The fourth-order valence-electron chi connectivity index (χ4n) is 7.13. The number of likely N-dealkylation sites (tertiary alicyclic amines) is 2. The molecule has 242 valence electrons. The van der Waals surface area contributed by atoms with Crippen LogP contribution in [0.3, 0.4) is 0 Å². The summed E-state index contributed by atoms with van der Waals surface area (Å²) in [7, 11) is 2.06. The van der Waals surface area contributed by atoms with E-state index in [-0.39, 0.29) is 52.4 Å². The number of fused-ring (bicyclic) bond motifs is 4. The molecule has 0 radical (unpaired) electrons. The Kier molecular flexibility index (Phi) is 8.24. The number of nitrogens with one attached hydrogen (secondary N) is 1. The number of benzene rings is 2. The molecule has 2 fully saturated rings. The normalized spacial score (nSPS) is 20.3. The van der Waals surface area contributed by atoms with Gasteiger partial charge in [-0.05, 0) is 70.0 Å². The van der Waals surface area contributed by atoms with E-state index in [2.05, 4.69) is 45.1 Å². The molecule has 11 nitrogen and oxygen atoms in total. The maximum atomic E-state index is 17.1. The van der Waals surface area contributed by atoms with Gasteiger partial charge in [0.1, 0.15) is 17.6 Å². The monoisotopic (exact) mass is 675 g/mol. The molecule has 1 amide bonds. The van der Waals surface area contributed by atoms with Gasteiger partial charge in [0.15, 0.2) is 11.3 Å². The molecule has 0 spiro atoms. The van der Waals surface area contributed by atoms with E-state index < -0.39 is 5.82 Å². The van der Waals surface area contributed by atoms with Gasteiger partial charge in [-0.15, -0.1) is 5.10 Å². The van der Waals surface area contributed by atoms with Gasteiger partial charge in [-0.1, -0.05) is 35.0 Å². The first-order chi connectivity index (χ1) is 22.7. The number of amides is 1. The molecule has 5 aromatic rings. The molecule has 47 heavy (non-hydrogen) atoms. The molecule has 2 aliphatic rings. The minimum Gasteiger partial charge on any atom is -0.474 e. The van der Waals surface area contributed by atoms with Crippen LogP contribution in [0, 0.1) is 24.1 Å². The van der Waals surface area contributed by atoms with Gasteiger partial charge in [0.05, 0.1) is 35.3 Å². The van der Waals surface area contributed by atoms with Crippen LogP contribution in [0.15, 0.2) is 31.0 Å². The Morgan fingerprint density at radius 2 is 2.02 bits per heavy atom. The second-order valence-electron chi connectivity index (χ2n) is 12.3. The van der Waals surface area contributed by atoms with E-state index >= 15 is 4.39 Å². The van der Waals surface area contributed by atoms with Gasteiger partial charge in [0, 0.05) is 45.6 Å². The number of nitrogens with zero attached hydrogens (tertiary/aromatic N) is 8. The Hall–Kier alpha value is -4.31. The molecule has 3 aromatic heterocycles. The minimum absolute atomic E-state index is 0.0547. The molecule has 0 unspecified atom stereocenters. The molecule has 7 rings (SSSR count). The Balaban J connectivity index is 1.42. The van der Waals surface area contributed by atoms with Crippen molar-refractivity contribution in [1.29, 1.82) is 5.26 Å². The first-order valence-corrected chi connectivity index (χ1v) is 16.3. The Morgan fingerprint density at radius 1 is 1.19 bits per heavy atom. The van der Waals surface area contributed by atoms with Crippen molar-refractivity contribution in [2.24, 2.45) is 0 Å². The number of likely N-dealkylation sites (N-methyl/N-ethyl adjacent to an activating group) is 1. The van der Waals surface area contributed by atoms with Crippen LogP contribution < -0.4 is 4.74 Å². The third-order valence-electron chi connectivity index (χ3n) is 9.65. The number of hydrogen-bond donors (Lipinski definition) is 1. The van der Waals surface area contributed by atoms with Gasteiger partial charge in [-0.25, -0.2) is 14.1 Å². The van der Waals surface area contributed by atoms with Gasteiger partial charge >= 0.3 is 0 Å². The highest BCUT2D eigenvalue weighted by Gasteiger charge is 2.34. The number of halogens is 3. The number of H-pyrrole nitrogens is 1. The van der Waals surface area contributed by atoms with Crippen molar-refractivity contribution < 1.29 is 13.9 Å². The van der Waals surface area contributed by atoms with Gasteiger partial charge < -0.3 is 14.5 Å². The van der Waals surface area contributed by atoms with Gasteiger partial charge in [-0.2, -0.15) is 10.4 Å². The molecule has 0 aliphatic carbocycles. The summed E-state index contributed by atoms with van der Waals surface area (Å²) in [6, 6.07) is 5.24. The van der Waals surface area contributed by atoms with Crippen molar-refractivity contribution in [1.82, 2.24) is 40.0 Å². The number of rotatable bonds is 7. The molecule has 1 N–H and O–H groups in total. The molecule has 2 aromatic carbocycles. The second kappa shape index (κ2) is 12.4. The van der Waals surface area contributed by atoms with Crippen LogP contribution in [-0.4, -0.2) is 84.7 Å². The number of aromatic nitrogens is 6. The fraction of sp³-hybridized carbons (Fsp3) is 0.394. The largest absolute Gasteiger partial charge is 0.474 e. The van der Waals surface area contributed by atoms with Crippen molar-refractivity contribution in [2.45, 2.75) is 57.2 Å². The highest BCUT2D eigenvalue weighted by Crippen LogP contribution is 2.45. The van der Waals surface area contributed by atoms with Crippen LogP contribution in [0.1, 0.15) is 43.7 Å². The molecular weight excluding hydrogens is 644 g/mol. The lowest BCUT2D eigenvalue weighted by molar-refractivity contribution is -0.130. The summed E-state index contributed by atoms with van der Waals surface area (Å²) in [6.45, 7) is 7.16. The number of piperidine rings is 1. The van der Waals surface area contributed by atoms with Crippen LogP contribution in [0.4, 0.5) is 4.39 Å². The molecule has 2 saturated heterocycles. The average Bonchev–Trinajstić information content (AvgIpc) is 3.82.